The van der Waals surface area contributed by atoms with Crippen molar-refractivity contribution < 1.29 is 9.84 Å². The summed E-state index contributed by atoms with van der Waals surface area (Å²) in [6.45, 7) is 3.00. The van der Waals surface area contributed by atoms with E-state index in [2.05, 4.69) is 22.1 Å². The van der Waals surface area contributed by atoms with Crippen molar-refractivity contribution in [2.45, 2.75) is 69.8 Å². The molecule has 6 nitrogen and oxygen atoms in total. The highest BCUT2D eigenvalue weighted by atomic mass is 16.5. The zero-order valence-corrected chi connectivity index (χ0v) is 16.7. The summed E-state index contributed by atoms with van der Waals surface area (Å²) in [4.78, 5) is 14.7. The van der Waals surface area contributed by atoms with Crippen molar-refractivity contribution in [1.82, 2.24) is 14.7 Å². The quantitative estimate of drug-likeness (QED) is 0.859. The number of benzene rings is 1. The summed E-state index contributed by atoms with van der Waals surface area (Å²) in [5.74, 6) is 0.876. The van der Waals surface area contributed by atoms with Gasteiger partial charge in [0.1, 0.15) is 5.75 Å². The molecule has 3 heterocycles. The molecule has 2 aliphatic rings. The van der Waals surface area contributed by atoms with Gasteiger partial charge in [0, 0.05) is 24.7 Å². The highest BCUT2D eigenvalue weighted by Crippen LogP contribution is 2.40. The number of aliphatic hydroxyl groups is 1. The number of fused-ring (bicyclic) bond motifs is 2. The SMILES string of the molecule is COc1cccc(CN2[C@@H]3CCC[C@H]2CC(O)(Cn2nc(C)ccc2=O)C3)c1. The topological polar surface area (TPSA) is 67.6 Å². The maximum absolute atomic E-state index is 12.2. The van der Waals surface area contributed by atoms with Crippen molar-refractivity contribution in [2.75, 3.05) is 7.11 Å². The van der Waals surface area contributed by atoms with Crippen molar-refractivity contribution in [3.63, 3.8) is 0 Å². The van der Waals surface area contributed by atoms with Gasteiger partial charge in [0.2, 0.25) is 0 Å². The van der Waals surface area contributed by atoms with E-state index >= 15 is 0 Å². The maximum atomic E-state index is 12.2. The summed E-state index contributed by atoms with van der Waals surface area (Å²) < 4.78 is 6.79. The Kier molecular flexibility index (Phi) is 5.25. The lowest BCUT2D eigenvalue weighted by Gasteiger charge is -2.52. The number of rotatable bonds is 5. The van der Waals surface area contributed by atoms with Gasteiger partial charge in [-0.05, 0) is 56.4 Å². The smallest absolute Gasteiger partial charge is 0.266 e. The predicted octanol–water partition coefficient (Wildman–Crippen LogP) is 2.51. The number of aryl methyl sites for hydroxylation is 1. The van der Waals surface area contributed by atoms with Crippen molar-refractivity contribution in [3.05, 3.63) is 58.0 Å². The molecular formula is C22H29N3O3. The maximum Gasteiger partial charge on any atom is 0.266 e. The lowest BCUT2D eigenvalue weighted by Crippen LogP contribution is -2.59. The highest BCUT2D eigenvalue weighted by Gasteiger charge is 2.45. The number of methoxy groups -OCH3 is 1. The number of hydrogen-bond acceptors (Lipinski definition) is 5. The molecule has 1 aromatic carbocycles. The second-order valence-electron chi connectivity index (χ2n) is 8.37. The average Bonchev–Trinajstić information content (AvgIpc) is 2.66. The highest BCUT2D eigenvalue weighted by molar-refractivity contribution is 5.28. The van der Waals surface area contributed by atoms with E-state index in [9.17, 15) is 9.90 Å². The molecule has 150 valence electrons. The Hall–Kier alpha value is -2.18. The van der Waals surface area contributed by atoms with Crippen LogP contribution in [0.1, 0.15) is 43.4 Å². The summed E-state index contributed by atoms with van der Waals surface area (Å²) >= 11 is 0. The van der Waals surface area contributed by atoms with Crippen molar-refractivity contribution in [1.29, 1.82) is 0 Å². The van der Waals surface area contributed by atoms with E-state index in [4.69, 9.17) is 4.74 Å². The number of ether oxygens (including phenoxy) is 1. The van der Waals surface area contributed by atoms with E-state index in [1.165, 1.54) is 22.7 Å². The minimum Gasteiger partial charge on any atom is -0.497 e. The van der Waals surface area contributed by atoms with Crippen LogP contribution in [0.4, 0.5) is 0 Å². The molecule has 2 aliphatic heterocycles. The van der Waals surface area contributed by atoms with Crippen LogP contribution in [0.25, 0.3) is 0 Å². The molecule has 3 atom stereocenters. The summed E-state index contributed by atoms with van der Waals surface area (Å²) in [6.07, 6.45) is 4.71. The first-order valence-corrected chi connectivity index (χ1v) is 10.1. The molecule has 0 saturated carbocycles. The summed E-state index contributed by atoms with van der Waals surface area (Å²) in [5.41, 5.74) is 0.991. The lowest BCUT2D eigenvalue weighted by atomic mass is 9.75. The van der Waals surface area contributed by atoms with Crippen LogP contribution in [0.5, 0.6) is 5.75 Å². The molecule has 6 heteroatoms. The van der Waals surface area contributed by atoms with Gasteiger partial charge in [0.05, 0.1) is 24.9 Å². The monoisotopic (exact) mass is 383 g/mol. The Labute approximate surface area is 165 Å². The molecule has 0 amide bonds. The van der Waals surface area contributed by atoms with Crippen LogP contribution in [0.3, 0.4) is 0 Å². The van der Waals surface area contributed by atoms with Crippen LogP contribution >= 0.6 is 0 Å². The standard InChI is InChI=1S/C22H29N3O3/c1-16-9-10-21(26)25(23-16)15-22(27)12-18-6-4-7-19(13-22)24(18)14-17-5-3-8-20(11-17)28-2/h3,5,8-11,18-19,27H,4,6-7,12-15H2,1-2H3/t18-,19+,22?. The molecule has 0 radical (unpaired) electrons. The molecule has 2 fully saturated rings. The van der Waals surface area contributed by atoms with Crippen LogP contribution in [-0.2, 0) is 13.1 Å². The molecule has 2 bridgehead atoms. The van der Waals surface area contributed by atoms with Gasteiger partial charge in [-0.3, -0.25) is 9.69 Å². The third kappa shape index (κ3) is 3.98. The Morgan fingerprint density at radius 1 is 1.21 bits per heavy atom. The van der Waals surface area contributed by atoms with Gasteiger partial charge >= 0.3 is 0 Å². The molecular weight excluding hydrogens is 354 g/mol. The van der Waals surface area contributed by atoms with E-state index in [0.29, 0.717) is 24.9 Å². The van der Waals surface area contributed by atoms with Gasteiger partial charge < -0.3 is 9.84 Å². The Bertz CT molecular complexity index is 881. The Morgan fingerprint density at radius 3 is 2.68 bits per heavy atom. The molecule has 0 spiro atoms. The van der Waals surface area contributed by atoms with Gasteiger partial charge in [-0.15, -0.1) is 0 Å². The number of hydrogen-bond donors (Lipinski definition) is 1. The van der Waals surface area contributed by atoms with Crippen LogP contribution in [0.2, 0.25) is 0 Å². The first kappa shape index (κ1) is 19.2. The Morgan fingerprint density at radius 2 is 1.96 bits per heavy atom. The van der Waals surface area contributed by atoms with E-state index in [1.807, 2.05) is 19.1 Å². The zero-order valence-electron chi connectivity index (χ0n) is 16.7. The third-order valence-corrected chi connectivity index (χ3v) is 6.19. The summed E-state index contributed by atoms with van der Waals surface area (Å²) in [5, 5.41) is 15.7. The lowest BCUT2D eigenvalue weighted by molar-refractivity contribution is -0.105. The molecule has 0 aliphatic carbocycles. The van der Waals surface area contributed by atoms with Crippen molar-refractivity contribution in [3.8, 4) is 5.75 Å². The van der Waals surface area contributed by atoms with Gasteiger partial charge in [-0.1, -0.05) is 18.6 Å². The zero-order chi connectivity index (χ0) is 19.7. The van der Waals surface area contributed by atoms with Crippen molar-refractivity contribution in [2.24, 2.45) is 0 Å². The fourth-order valence-electron chi connectivity index (χ4n) is 4.93. The third-order valence-electron chi connectivity index (χ3n) is 6.19. The fourth-order valence-corrected chi connectivity index (χ4v) is 4.93. The molecule has 1 unspecified atom stereocenters. The van der Waals surface area contributed by atoms with Crippen molar-refractivity contribution >= 4 is 0 Å². The normalized spacial score (nSPS) is 27.5. The van der Waals surface area contributed by atoms with E-state index < -0.39 is 5.60 Å². The first-order chi connectivity index (χ1) is 13.5. The largest absolute Gasteiger partial charge is 0.497 e. The molecule has 1 N–H and O–H groups in total. The second-order valence-corrected chi connectivity index (χ2v) is 8.37. The second kappa shape index (κ2) is 7.68. The van der Waals surface area contributed by atoms with Gasteiger partial charge in [-0.2, -0.15) is 5.10 Å². The van der Waals surface area contributed by atoms with Crippen LogP contribution in [-0.4, -0.2) is 44.6 Å². The molecule has 4 rings (SSSR count). The van der Waals surface area contributed by atoms with Gasteiger partial charge in [-0.25, -0.2) is 4.68 Å². The van der Waals surface area contributed by atoms with Crippen LogP contribution < -0.4 is 10.3 Å². The van der Waals surface area contributed by atoms with Gasteiger partial charge in [0.25, 0.3) is 5.56 Å². The predicted molar refractivity (Wildman–Crippen MR) is 107 cm³/mol. The summed E-state index contributed by atoms with van der Waals surface area (Å²) in [7, 11) is 1.69. The van der Waals surface area contributed by atoms with Crippen LogP contribution in [0, 0.1) is 6.92 Å². The minimum absolute atomic E-state index is 0.150. The molecule has 2 saturated heterocycles. The van der Waals surface area contributed by atoms with E-state index in [0.717, 1.165) is 30.8 Å². The summed E-state index contributed by atoms with van der Waals surface area (Å²) in [6, 6.07) is 12.1. The number of piperidine rings is 2. The first-order valence-electron chi connectivity index (χ1n) is 10.1. The van der Waals surface area contributed by atoms with Gasteiger partial charge in [0.15, 0.2) is 0 Å². The Balaban J connectivity index is 1.52. The fraction of sp³-hybridized carbons (Fsp3) is 0.545. The minimum atomic E-state index is -0.884. The van der Waals surface area contributed by atoms with E-state index in [-0.39, 0.29) is 12.1 Å². The number of aromatic nitrogens is 2. The average molecular weight is 383 g/mol. The van der Waals surface area contributed by atoms with Crippen LogP contribution in [0.15, 0.2) is 41.2 Å². The molecule has 28 heavy (non-hydrogen) atoms. The van der Waals surface area contributed by atoms with E-state index in [1.54, 1.807) is 13.2 Å². The molecule has 1 aromatic heterocycles. The molecule has 2 aromatic rings. The number of nitrogens with zero attached hydrogens (tertiary/aromatic N) is 3.